The van der Waals surface area contributed by atoms with Crippen LogP contribution in [0, 0.1) is 0 Å². The summed E-state index contributed by atoms with van der Waals surface area (Å²) >= 11 is 0. The van der Waals surface area contributed by atoms with Crippen molar-refractivity contribution in [3.63, 3.8) is 0 Å². The second kappa shape index (κ2) is 4.72. The lowest BCUT2D eigenvalue weighted by Gasteiger charge is -2.10. The van der Waals surface area contributed by atoms with Crippen molar-refractivity contribution >= 4 is 5.97 Å². The van der Waals surface area contributed by atoms with E-state index in [-0.39, 0.29) is 16.7 Å². The molecule has 19 heavy (non-hydrogen) atoms. The van der Waals surface area contributed by atoms with Gasteiger partial charge < -0.3 is 5.11 Å². The van der Waals surface area contributed by atoms with Crippen LogP contribution in [0.2, 0.25) is 0 Å². The number of aromatic carboxylic acids is 1. The van der Waals surface area contributed by atoms with Crippen molar-refractivity contribution in [3.05, 3.63) is 53.9 Å². The first-order valence-electron chi connectivity index (χ1n) is 5.24. The molecule has 6 heteroatoms. The molecule has 3 nitrogen and oxygen atoms in total. The molecule has 1 heterocycles. The fraction of sp³-hybridized carbons (Fsp3) is 0.0769. The van der Waals surface area contributed by atoms with Crippen molar-refractivity contribution in [1.29, 1.82) is 0 Å². The average Bonchev–Trinajstić information content (AvgIpc) is 2.38. The van der Waals surface area contributed by atoms with E-state index in [1.807, 2.05) is 0 Å². The summed E-state index contributed by atoms with van der Waals surface area (Å²) in [6, 6.07) is 5.73. The quantitative estimate of drug-likeness (QED) is 0.906. The van der Waals surface area contributed by atoms with Gasteiger partial charge in [0, 0.05) is 18.0 Å². The Hall–Kier alpha value is -2.37. The predicted molar refractivity (Wildman–Crippen MR) is 61.6 cm³/mol. The molecule has 0 aliphatic carbocycles. The highest BCUT2D eigenvalue weighted by atomic mass is 19.4. The Bertz CT molecular complexity index is 623. The van der Waals surface area contributed by atoms with Crippen LogP contribution in [0.5, 0.6) is 0 Å². The molecule has 1 aromatic heterocycles. The van der Waals surface area contributed by atoms with Gasteiger partial charge in [0.25, 0.3) is 0 Å². The van der Waals surface area contributed by atoms with Gasteiger partial charge >= 0.3 is 12.1 Å². The van der Waals surface area contributed by atoms with Crippen LogP contribution in [-0.2, 0) is 6.18 Å². The Morgan fingerprint density at radius 1 is 1.21 bits per heavy atom. The van der Waals surface area contributed by atoms with E-state index >= 15 is 0 Å². The van der Waals surface area contributed by atoms with Crippen LogP contribution in [0.25, 0.3) is 11.1 Å². The molecular weight excluding hydrogens is 259 g/mol. The smallest absolute Gasteiger partial charge is 0.416 e. The minimum absolute atomic E-state index is 0.0886. The lowest BCUT2D eigenvalue weighted by atomic mass is 10.00. The number of pyridine rings is 1. The number of carbonyl (C=O) groups is 1. The number of hydrogen-bond acceptors (Lipinski definition) is 2. The fourth-order valence-corrected chi connectivity index (χ4v) is 1.67. The number of carboxylic acid groups (broad SMARTS) is 1. The van der Waals surface area contributed by atoms with Crippen LogP contribution >= 0.6 is 0 Å². The summed E-state index contributed by atoms with van der Waals surface area (Å²) in [5.74, 6) is -1.21. The molecule has 0 aliphatic heterocycles. The fourth-order valence-electron chi connectivity index (χ4n) is 1.67. The van der Waals surface area contributed by atoms with Crippen molar-refractivity contribution in [2.75, 3.05) is 0 Å². The number of benzene rings is 1. The Labute approximate surface area is 106 Å². The second-order valence-electron chi connectivity index (χ2n) is 3.80. The van der Waals surface area contributed by atoms with Crippen LogP contribution in [0.1, 0.15) is 15.9 Å². The van der Waals surface area contributed by atoms with Crippen LogP contribution < -0.4 is 0 Å². The second-order valence-corrected chi connectivity index (χ2v) is 3.80. The molecule has 1 N–H and O–H groups in total. The van der Waals surface area contributed by atoms with Crippen LogP contribution in [0.4, 0.5) is 13.2 Å². The third-order valence-corrected chi connectivity index (χ3v) is 2.55. The third-order valence-electron chi connectivity index (χ3n) is 2.55. The normalized spacial score (nSPS) is 11.3. The topological polar surface area (TPSA) is 50.2 Å². The van der Waals surface area contributed by atoms with Gasteiger partial charge in [-0.3, -0.25) is 4.98 Å². The van der Waals surface area contributed by atoms with Gasteiger partial charge in [0.1, 0.15) is 0 Å². The van der Waals surface area contributed by atoms with E-state index in [9.17, 15) is 18.0 Å². The van der Waals surface area contributed by atoms with Gasteiger partial charge in [0.2, 0.25) is 0 Å². The standard InChI is InChI=1S/C13H8F3NO2/c14-13(15,16)9-3-1-2-8(6-9)11-7-17-5-4-10(11)12(18)19/h1-7H,(H,18,19). The molecule has 0 unspecified atom stereocenters. The largest absolute Gasteiger partial charge is 0.478 e. The molecule has 0 bridgehead atoms. The van der Waals surface area contributed by atoms with Gasteiger partial charge in [0.15, 0.2) is 0 Å². The average molecular weight is 267 g/mol. The SMILES string of the molecule is O=C(O)c1ccncc1-c1cccc(C(F)(F)F)c1. The lowest BCUT2D eigenvalue weighted by molar-refractivity contribution is -0.137. The highest BCUT2D eigenvalue weighted by Gasteiger charge is 2.30. The lowest BCUT2D eigenvalue weighted by Crippen LogP contribution is -2.05. The summed E-state index contributed by atoms with van der Waals surface area (Å²) in [7, 11) is 0. The van der Waals surface area contributed by atoms with E-state index in [1.54, 1.807) is 0 Å². The zero-order valence-electron chi connectivity index (χ0n) is 9.48. The van der Waals surface area contributed by atoms with Gasteiger partial charge in [-0.2, -0.15) is 13.2 Å². The Kier molecular flexibility index (Phi) is 3.25. The van der Waals surface area contributed by atoms with Crippen molar-refractivity contribution in [3.8, 4) is 11.1 Å². The molecule has 2 rings (SSSR count). The first kappa shape index (κ1) is 13.1. The highest BCUT2D eigenvalue weighted by Crippen LogP contribution is 2.32. The molecule has 0 radical (unpaired) electrons. The third kappa shape index (κ3) is 2.73. The first-order chi connectivity index (χ1) is 8.89. The number of halogens is 3. The summed E-state index contributed by atoms with van der Waals surface area (Å²) in [5.41, 5.74) is -0.596. The Balaban J connectivity index is 2.57. The molecule has 0 aliphatic rings. The minimum Gasteiger partial charge on any atom is -0.478 e. The zero-order chi connectivity index (χ0) is 14.0. The molecule has 0 saturated heterocycles. The molecular formula is C13H8F3NO2. The van der Waals surface area contributed by atoms with Gasteiger partial charge in [0.05, 0.1) is 11.1 Å². The molecule has 0 atom stereocenters. The Morgan fingerprint density at radius 3 is 2.58 bits per heavy atom. The van der Waals surface area contributed by atoms with Crippen molar-refractivity contribution in [1.82, 2.24) is 4.98 Å². The molecule has 2 aromatic rings. The first-order valence-corrected chi connectivity index (χ1v) is 5.24. The monoisotopic (exact) mass is 267 g/mol. The molecule has 98 valence electrons. The van der Waals surface area contributed by atoms with E-state index < -0.39 is 17.7 Å². The summed E-state index contributed by atoms with van der Waals surface area (Å²) in [5, 5.41) is 9.01. The summed E-state index contributed by atoms with van der Waals surface area (Å²) < 4.78 is 37.8. The summed E-state index contributed by atoms with van der Waals surface area (Å²) in [6.07, 6.45) is -1.96. The van der Waals surface area contributed by atoms with Crippen molar-refractivity contribution < 1.29 is 23.1 Å². The van der Waals surface area contributed by atoms with E-state index in [1.165, 1.54) is 30.6 Å². The number of rotatable bonds is 2. The highest BCUT2D eigenvalue weighted by molar-refractivity contribution is 5.95. The summed E-state index contributed by atoms with van der Waals surface area (Å²) in [6.45, 7) is 0. The predicted octanol–water partition coefficient (Wildman–Crippen LogP) is 3.47. The zero-order valence-corrected chi connectivity index (χ0v) is 9.48. The maximum Gasteiger partial charge on any atom is 0.416 e. The van der Waals surface area contributed by atoms with Gasteiger partial charge in [-0.15, -0.1) is 0 Å². The molecule has 0 fully saturated rings. The van der Waals surface area contributed by atoms with E-state index in [2.05, 4.69) is 4.98 Å². The van der Waals surface area contributed by atoms with E-state index in [0.717, 1.165) is 12.1 Å². The Morgan fingerprint density at radius 2 is 1.95 bits per heavy atom. The summed E-state index contributed by atoms with van der Waals surface area (Å²) in [4.78, 5) is 14.8. The van der Waals surface area contributed by atoms with Crippen LogP contribution in [0.3, 0.4) is 0 Å². The minimum atomic E-state index is -4.47. The number of carboxylic acids is 1. The molecule has 0 saturated carbocycles. The van der Waals surface area contributed by atoms with Crippen molar-refractivity contribution in [2.45, 2.75) is 6.18 Å². The number of aromatic nitrogens is 1. The number of alkyl halides is 3. The van der Waals surface area contributed by atoms with Crippen LogP contribution in [0.15, 0.2) is 42.7 Å². The maximum atomic E-state index is 12.6. The molecule has 0 spiro atoms. The maximum absolute atomic E-state index is 12.6. The number of hydrogen-bond donors (Lipinski definition) is 1. The molecule has 0 amide bonds. The molecule has 1 aromatic carbocycles. The number of nitrogens with zero attached hydrogens (tertiary/aromatic N) is 1. The van der Waals surface area contributed by atoms with E-state index in [4.69, 9.17) is 5.11 Å². The van der Waals surface area contributed by atoms with Crippen molar-refractivity contribution in [2.24, 2.45) is 0 Å². The van der Waals surface area contributed by atoms with Gasteiger partial charge in [-0.1, -0.05) is 12.1 Å². The van der Waals surface area contributed by atoms with Gasteiger partial charge in [-0.05, 0) is 23.8 Å². The van der Waals surface area contributed by atoms with Crippen LogP contribution in [-0.4, -0.2) is 16.1 Å². The van der Waals surface area contributed by atoms with E-state index in [0.29, 0.717) is 0 Å². The van der Waals surface area contributed by atoms with Gasteiger partial charge in [-0.25, -0.2) is 4.79 Å².